The van der Waals surface area contributed by atoms with Crippen molar-refractivity contribution in [3.63, 3.8) is 0 Å². The van der Waals surface area contributed by atoms with Gasteiger partial charge < -0.3 is 4.90 Å². The van der Waals surface area contributed by atoms with Gasteiger partial charge in [0.25, 0.3) is 5.91 Å². The first-order valence-corrected chi connectivity index (χ1v) is 10.1. The van der Waals surface area contributed by atoms with E-state index >= 15 is 0 Å². The van der Waals surface area contributed by atoms with E-state index in [1.807, 2.05) is 35.2 Å². The van der Waals surface area contributed by atoms with Gasteiger partial charge in [-0.25, -0.2) is 9.07 Å². The Morgan fingerprint density at radius 2 is 2.00 bits per heavy atom. The highest BCUT2D eigenvalue weighted by Gasteiger charge is 2.26. The fourth-order valence-corrected chi connectivity index (χ4v) is 3.70. The molecular formula is C22H22ClFN4O. The summed E-state index contributed by atoms with van der Waals surface area (Å²) >= 11 is 6.09. The van der Waals surface area contributed by atoms with Crippen LogP contribution in [0.25, 0.3) is 0 Å². The van der Waals surface area contributed by atoms with Crippen molar-refractivity contribution in [3.05, 3.63) is 82.4 Å². The van der Waals surface area contributed by atoms with E-state index < -0.39 is 0 Å². The molecule has 0 radical (unpaired) electrons. The van der Waals surface area contributed by atoms with Crippen LogP contribution in [0.3, 0.4) is 0 Å². The lowest BCUT2D eigenvalue weighted by Gasteiger charge is -2.32. The van der Waals surface area contributed by atoms with Crippen molar-refractivity contribution in [3.8, 4) is 0 Å². The topological polar surface area (TPSA) is 51.0 Å². The number of hydrogen-bond acceptors (Lipinski definition) is 3. The minimum Gasteiger partial charge on any atom is -0.333 e. The van der Waals surface area contributed by atoms with Crippen LogP contribution in [0.5, 0.6) is 0 Å². The molecule has 0 spiro atoms. The summed E-state index contributed by atoms with van der Waals surface area (Å²) in [4.78, 5) is 15.0. The SMILES string of the molecule is O=C(c1cn(Cc2ccc(F)cc2Cl)nn1)N(Cc1ccccc1)CC1CCC1. The van der Waals surface area contributed by atoms with E-state index in [-0.39, 0.29) is 11.7 Å². The highest BCUT2D eigenvalue weighted by Crippen LogP contribution is 2.28. The van der Waals surface area contributed by atoms with E-state index in [1.54, 1.807) is 16.9 Å². The van der Waals surface area contributed by atoms with Gasteiger partial charge in [-0.2, -0.15) is 0 Å². The number of rotatable bonds is 7. The van der Waals surface area contributed by atoms with Crippen molar-refractivity contribution in [1.82, 2.24) is 19.9 Å². The molecule has 3 aromatic rings. The van der Waals surface area contributed by atoms with Crippen LogP contribution in [0, 0.1) is 11.7 Å². The molecule has 5 nitrogen and oxygen atoms in total. The summed E-state index contributed by atoms with van der Waals surface area (Å²) in [5.41, 5.74) is 2.11. The number of nitrogens with zero attached hydrogens (tertiary/aromatic N) is 4. The van der Waals surface area contributed by atoms with Gasteiger partial charge in [-0.1, -0.05) is 59.6 Å². The minimum absolute atomic E-state index is 0.128. The number of aromatic nitrogens is 3. The number of carbonyl (C=O) groups is 1. The highest BCUT2D eigenvalue weighted by molar-refractivity contribution is 6.31. The van der Waals surface area contributed by atoms with Crippen molar-refractivity contribution in [1.29, 1.82) is 0 Å². The molecule has 1 heterocycles. The predicted molar refractivity (Wildman–Crippen MR) is 109 cm³/mol. The van der Waals surface area contributed by atoms with Gasteiger partial charge in [-0.05, 0) is 42.0 Å². The number of amides is 1. The second kappa shape index (κ2) is 8.74. The molecule has 2 aromatic carbocycles. The van der Waals surface area contributed by atoms with Crippen LogP contribution >= 0.6 is 11.6 Å². The smallest absolute Gasteiger partial charge is 0.276 e. The molecule has 0 unspecified atom stereocenters. The second-order valence-electron chi connectivity index (χ2n) is 7.51. The van der Waals surface area contributed by atoms with Crippen LogP contribution in [0.1, 0.15) is 40.9 Å². The van der Waals surface area contributed by atoms with Crippen molar-refractivity contribution in [2.24, 2.45) is 5.92 Å². The Kier molecular flexibility index (Phi) is 5.90. The fourth-order valence-electron chi connectivity index (χ4n) is 3.47. The summed E-state index contributed by atoms with van der Waals surface area (Å²) in [6.07, 6.45) is 5.18. The zero-order valence-electron chi connectivity index (χ0n) is 16.0. The maximum Gasteiger partial charge on any atom is 0.276 e. The normalized spacial score (nSPS) is 13.9. The fraction of sp³-hybridized carbons (Fsp3) is 0.318. The summed E-state index contributed by atoms with van der Waals surface area (Å²) in [7, 11) is 0. The molecule has 150 valence electrons. The third-order valence-electron chi connectivity index (χ3n) is 5.31. The molecule has 1 aromatic heterocycles. The molecule has 1 saturated carbocycles. The maximum absolute atomic E-state index is 13.2. The zero-order valence-corrected chi connectivity index (χ0v) is 16.7. The molecule has 0 saturated heterocycles. The molecule has 0 N–H and O–H groups in total. The van der Waals surface area contributed by atoms with E-state index in [4.69, 9.17) is 11.6 Å². The summed E-state index contributed by atoms with van der Waals surface area (Å²) in [6, 6.07) is 14.2. The quantitative estimate of drug-likeness (QED) is 0.571. The number of hydrogen-bond donors (Lipinski definition) is 0. The average molecular weight is 413 g/mol. The largest absolute Gasteiger partial charge is 0.333 e. The average Bonchev–Trinajstić information content (AvgIpc) is 3.15. The summed E-state index contributed by atoms with van der Waals surface area (Å²) in [6.45, 7) is 1.60. The lowest BCUT2D eigenvalue weighted by molar-refractivity contribution is 0.0673. The molecule has 0 bridgehead atoms. The third-order valence-corrected chi connectivity index (χ3v) is 5.66. The van der Waals surface area contributed by atoms with Gasteiger partial charge in [0.05, 0.1) is 12.7 Å². The Labute approximate surface area is 174 Å². The van der Waals surface area contributed by atoms with E-state index in [0.717, 1.165) is 24.9 Å². The van der Waals surface area contributed by atoms with E-state index in [1.165, 1.54) is 18.6 Å². The molecule has 4 rings (SSSR count). The molecule has 1 aliphatic rings. The van der Waals surface area contributed by atoms with Crippen molar-refractivity contribution in [2.75, 3.05) is 6.54 Å². The van der Waals surface area contributed by atoms with E-state index in [9.17, 15) is 9.18 Å². The second-order valence-corrected chi connectivity index (χ2v) is 7.91. The van der Waals surface area contributed by atoms with Crippen LogP contribution < -0.4 is 0 Å². The van der Waals surface area contributed by atoms with Crippen LogP contribution in [0.15, 0.2) is 54.7 Å². The summed E-state index contributed by atoms with van der Waals surface area (Å²) in [5, 5.41) is 8.47. The lowest BCUT2D eigenvalue weighted by atomic mass is 9.85. The van der Waals surface area contributed by atoms with E-state index in [2.05, 4.69) is 10.3 Å². The Balaban J connectivity index is 1.49. The van der Waals surface area contributed by atoms with Gasteiger partial charge in [0.1, 0.15) is 5.82 Å². The van der Waals surface area contributed by atoms with Crippen molar-refractivity contribution >= 4 is 17.5 Å². The highest BCUT2D eigenvalue weighted by atomic mass is 35.5. The molecule has 7 heteroatoms. The van der Waals surface area contributed by atoms with Crippen molar-refractivity contribution < 1.29 is 9.18 Å². The van der Waals surface area contributed by atoms with Crippen molar-refractivity contribution in [2.45, 2.75) is 32.4 Å². The molecule has 29 heavy (non-hydrogen) atoms. The third kappa shape index (κ3) is 4.82. The lowest BCUT2D eigenvalue weighted by Crippen LogP contribution is -2.37. The standard InChI is InChI=1S/C22H22ClFN4O/c23-20-11-19(24)10-9-18(20)14-28-15-21(25-26-28)22(29)27(13-17-7-4-8-17)12-16-5-2-1-3-6-16/h1-3,5-6,9-11,15,17H,4,7-8,12-14H2. The summed E-state index contributed by atoms with van der Waals surface area (Å²) < 4.78 is 14.8. The number of halogens is 2. The van der Waals surface area contributed by atoms with Crippen LogP contribution in [0.2, 0.25) is 5.02 Å². The first kappa shape index (κ1) is 19.6. The molecule has 0 atom stereocenters. The first-order valence-electron chi connectivity index (χ1n) is 9.76. The van der Waals surface area contributed by atoms with Gasteiger partial charge in [0, 0.05) is 18.1 Å². The first-order chi connectivity index (χ1) is 14.1. The van der Waals surface area contributed by atoms with Gasteiger partial charge in [0.15, 0.2) is 5.69 Å². The molecule has 1 aliphatic carbocycles. The Bertz CT molecular complexity index is 987. The minimum atomic E-state index is -0.388. The van der Waals surface area contributed by atoms with Crippen LogP contribution in [0.4, 0.5) is 4.39 Å². The zero-order chi connectivity index (χ0) is 20.2. The predicted octanol–water partition coefficient (Wildman–Crippen LogP) is 4.56. The van der Waals surface area contributed by atoms with Gasteiger partial charge >= 0.3 is 0 Å². The number of benzene rings is 2. The molecule has 0 aliphatic heterocycles. The molecule has 1 fully saturated rings. The Morgan fingerprint density at radius 1 is 1.21 bits per heavy atom. The Hall–Kier alpha value is -2.73. The van der Waals surface area contributed by atoms with Gasteiger partial charge in [-0.15, -0.1) is 5.10 Å². The van der Waals surface area contributed by atoms with Gasteiger partial charge in [-0.3, -0.25) is 4.79 Å². The summed E-state index contributed by atoms with van der Waals surface area (Å²) in [5.74, 6) is 0.0358. The Morgan fingerprint density at radius 3 is 2.69 bits per heavy atom. The monoisotopic (exact) mass is 412 g/mol. The molecule has 1 amide bonds. The van der Waals surface area contributed by atoms with Gasteiger partial charge in [0.2, 0.25) is 0 Å². The van der Waals surface area contributed by atoms with E-state index in [0.29, 0.717) is 35.3 Å². The van der Waals surface area contributed by atoms with Crippen LogP contribution in [-0.4, -0.2) is 32.3 Å². The maximum atomic E-state index is 13.2. The van der Waals surface area contributed by atoms with Crippen LogP contribution in [-0.2, 0) is 13.1 Å². The molecular weight excluding hydrogens is 391 g/mol. The number of carbonyl (C=O) groups excluding carboxylic acids is 1.